The van der Waals surface area contributed by atoms with E-state index in [1.165, 1.54) is 0 Å². The van der Waals surface area contributed by atoms with Crippen LogP contribution in [0.1, 0.15) is 39.2 Å². The molecule has 1 unspecified atom stereocenters. The first-order valence-corrected chi connectivity index (χ1v) is 11.6. The van der Waals surface area contributed by atoms with Gasteiger partial charge >= 0.3 is 0 Å². The third-order valence-corrected chi connectivity index (χ3v) is 6.45. The van der Waals surface area contributed by atoms with Gasteiger partial charge in [-0.15, -0.1) is 6.58 Å². The number of hydrogen-bond acceptors (Lipinski definition) is 7. The fraction of sp³-hybridized carbons (Fsp3) is 0.417. The first-order chi connectivity index (χ1) is 15.3. The Kier molecular flexibility index (Phi) is 6.35. The lowest BCUT2D eigenvalue weighted by Crippen LogP contribution is -2.29. The van der Waals surface area contributed by atoms with Gasteiger partial charge in [0, 0.05) is 30.7 Å². The summed E-state index contributed by atoms with van der Waals surface area (Å²) in [5.74, 6) is 2.12. The van der Waals surface area contributed by atoms with Crippen molar-refractivity contribution in [2.75, 3.05) is 25.6 Å². The van der Waals surface area contributed by atoms with Gasteiger partial charge in [0.2, 0.25) is 6.79 Å². The van der Waals surface area contributed by atoms with Crippen molar-refractivity contribution in [2.24, 2.45) is 5.41 Å². The zero-order valence-electron chi connectivity index (χ0n) is 19.1. The number of allylic oxidation sites excluding steroid dienone is 1. The number of rotatable bonds is 8. The third-order valence-electron chi connectivity index (χ3n) is 5.38. The molecular formula is C24H31N5O2S. The number of aromatic nitrogens is 3. The van der Waals surface area contributed by atoms with Crippen LogP contribution in [-0.4, -0.2) is 34.4 Å². The van der Waals surface area contributed by atoms with Crippen LogP contribution in [0.4, 0.5) is 5.82 Å². The standard InChI is InChI=1S/C24H31N5O2S/c1-6-15(2)16-11-18-19(31-14-30-18)12-20(16)32-23-28-21-17(7-8-27-22(21)25)29(23)10-9-26-13-24(3,4)5/h6-8,11-12,15,26H,1,9-10,13-14H2,2-5H3,(H2,25,27). The predicted molar refractivity (Wildman–Crippen MR) is 130 cm³/mol. The fourth-order valence-corrected chi connectivity index (χ4v) is 4.77. The minimum atomic E-state index is 0.157. The van der Waals surface area contributed by atoms with Gasteiger partial charge in [-0.05, 0) is 35.1 Å². The molecule has 8 heteroatoms. The zero-order chi connectivity index (χ0) is 22.9. The van der Waals surface area contributed by atoms with Gasteiger partial charge in [-0.3, -0.25) is 0 Å². The van der Waals surface area contributed by atoms with E-state index >= 15 is 0 Å². The monoisotopic (exact) mass is 453 g/mol. The summed E-state index contributed by atoms with van der Waals surface area (Å²) in [7, 11) is 0. The van der Waals surface area contributed by atoms with E-state index in [1.54, 1.807) is 18.0 Å². The van der Waals surface area contributed by atoms with Crippen molar-refractivity contribution in [3.63, 3.8) is 0 Å². The fourth-order valence-electron chi connectivity index (χ4n) is 3.61. The average Bonchev–Trinajstić information content (AvgIpc) is 3.34. The second kappa shape index (κ2) is 9.03. The summed E-state index contributed by atoms with van der Waals surface area (Å²) < 4.78 is 13.4. The van der Waals surface area contributed by atoms with E-state index in [1.807, 2.05) is 24.3 Å². The van der Waals surface area contributed by atoms with Crippen LogP contribution in [0.5, 0.6) is 11.5 Å². The normalized spacial score (nSPS) is 14.1. The molecule has 0 fully saturated rings. The number of imidazole rings is 1. The highest BCUT2D eigenvalue weighted by Gasteiger charge is 2.22. The van der Waals surface area contributed by atoms with Gasteiger partial charge in [-0.2, -0.15) is 0 Å². The number of hydrogen-bond donors (Lipinski definition) is 2. The van der Waals surface area contributed by atoms with Crippen LogP contribution in [0.25, 0.3) is 11.0 Å². The van der Waals surface area contributed by atoms with Crippen molar-refractivity contribution in [1.29, 1.82) is 0 Å². The Labute approximate surface area is 193 Å². The Morgan fingerprint density at radius 3 is 2.78 bits per heavy atom. The maximum absolute atomic E-state index is 6.16. The van der Waals surface area contributed by atoms with Crippen molar-refractivity contribution >= 4 is 28.6 Å². The van der Waals surface area contributed by atoms with Crippen LogP contribution in [0.3, 0.4) is 0 Å². The molecule has 3 aromatic rings. The van der Waals surface area contributed by atoms with E-state index in [-0.39, 0.29) is 18.1 Å². The average molecular weight is 454 g/mol. The summed E-state index contributed by atoms with van der Waals surface area (Å²) in [6.07, 6.45) is 3.67. The SMILES string of the molecule is C=CC(C)c1cc2c(cc1Sc1nc3c(N)nccc3n1CCNCC(C)(C)C)OCO2. The first-order valence-electron chi connectivity index (χ1n) is 10.8. The van der Waals surface area contributed by atoms with Gasteiger partial charge in [0.1, 0.15) is 5.52 Å². The van der Waals surface area contributed by atoms with Crippen LogP contribution >= 0.6 is 11.8 Å². The lowest BCUT2D eigenvalue weighted by Gasteiger charge is -2.19. The molecule has 1 aliphatic rings. The minimum Gasteiger partial charge on any atom is -0.454 e. The molecule has 1 atom stereocenters. The smallest absolute Gasteiger partial charge is 0.231 e. The molecule has 0 bridgehead atoms. The summed E-state index contributed by atoms with van der Waals surface area (Å²) >= 11 is 1.61. The molecule has 1 aromatic carbocycles. The topological polar surface area (TPSA) is 87.2 Å². The summed E-state index contributed by atoms with van der Waals surface area (Å²) in [6.45, 7) is 15.6. The van der Waals surface area contributed by atoms with Crippen molar-refractivity contribution < 1.29 is 9.47 Å². The van der Waals surface area contributed by atoms with E-state index in [9.17, 15) is 0 Å². The molecule has 0 radical (unpaired) electrons. The summed E-state index contributed by atoms with van der Waals surface area (Å²) in [5, 5.41) is 4.42. The van der Waals surface area contributed by atoms with Gasteiger partial charge in [-0.1, -0.05) is 45.5 Å². The van der Waals surface area contributed by atoms with Crippen molar-refractivity contribution in [2.45, 2.75) is 50.2 Å². The Bertz CT molecular complexity index is 1140. The second-order valence-electron chi connectivity index (χ2n) is 9.22. The molecule has 170 valence electrons. The lowest BCUT2D eigenvalue weighted by molar-refractivity contribution is 0.174. The number of nitrogens with one attached hydrogen (secondary N) is 1. The van der Waals surface area contributed by atoms with Gasteiger partial charge in [-0.25, -0.2) is 9.97 Å². The Morgan fingerprint density at radius 2 is 2.06 bits per heavy atom. The predicted octanol–water partition coefficient (Wildman–Crippen LogP) is 4.82. The molecule has 2 aromatic heterocycles. The molecule has 1 aliphatic heterocycles. The molecule has 7 nitrogen and oxygen atoms in total. The van der Waals surface area contributed by atoms with Crippen molar-refractivity contribution in [1.82, 2.24) is 19.9 Å². The number of pyridine rings is 1. The van der Waals surface area contributed by atoms with Crippen LogP contribution in [-0.2, 0) is 6.54 Å². The molecular weight excluding hydrogens is 422 g/mol. The largest absolute Gasteiger partial charge is 0.454 e. The number of fused-ring (bicyclic) bond motifs is 2. The van der Waals surface area contributed by atoms with E-state index in [2.05, 4.69) is 49.1 Å². The molecule has 3 heterocycles. The molecule has 32 heavy (non-hydrogen) atoms. The van der Waals surface area contributed by atoms with Crippen molar-refractivity contribution in [3.05, 3.63) is 42.6 Å². The van der Waals surface area contributed by atoms with E-state index in [4.69, 9.17) is 20.2 Å². The second-order valence-corrected chi connectivity index (χ2v) is 10.2. The van der Waals surface area contributed by atoms with Crippen LogP contribution in [0.15, 0.2) is 47.1 Å². The highest BCUT2D eigenvalue weighted by Crippen LogP contribution is 2.43. The molecule has 0 saturated heterocycles. The van der Waals surface area contributed by atoms with Crippen LogP contribution in [0, 0.1) is 5.41 Å². The molecule has 0 amide bonds. The van der Waals surface area contributed by atoms with Gasteiger partial charge in [0.25, 0.3) is 0 Å². The van der Waals surface area contributed by atoms with Crippen LogP contribution < -0.4 is 20.5 Å². The van der Waals surface area contributed by atoms with E-state index in [0.717, 1.165) is 57.8 Å². The van der Waals surface area contributed by atoms with E-state index < -0.39 is 0 Å². The molecule has 0 saturated carbocycles. The molecule has 4 rings (SSSR count). The number of ether oxygens (including phenoxy) is 2. The Hall–Kier alpha value is -2.71. The van der Waals surface area contributed by atoms with Gasteiger partial charge < -0.3 is 25.1 Å². The highest BCUT2D eigenvalue weighted by molar-refractivity contribution is 7.99. The number of anilines is 1. The summed E-state index contributed by atoms with van der Waals surface area (Å²) in [4.78, 5) is 10.2. The zero-order valence-corrected chi connectivity index (χ0v) is 20.0. The first kappa shape index (κ1) is 22.5. The molecule has 0 aliphatic carbocycles. The van der Waals surface area contributed by atoms with E-state index in [0.29, 0.717) is 5.82 Å². The van der Waals surface area contributed by atoms with Gasteiger partial charge in [0.05, 0.1) is 5.52 Å². The quantitative estimate of drug-likeness (QED) is 0.373. The number of benzene rings is 1. The molecule has 0 spiro atoms. The third kappa shape index (κ3) is 4.71. The number of nitrogen functional groups attached to an aromatic ring is 1. The maximum atomic E-state index is 6.16. The Morgan fingerprint density at radius 1 is 1.31 bits per heavy atom. The summed E-state index contributed by atoms with van der Waals surface area (Å²) in [5.41, 5.74) is 9.22. The van der Waals surface area contributed by atoms with Gasteiger partial charge in [0.15, 0.2) is 22.5 Å². The Balaban J connectivity index is 1.70. The van der Waals surface area contributed by atoms with Crippen LogP contribution in [0.2, 0.25) is 0 Å². The highest BCUT2D eigenvalue weighted by atomic mass is 32.2. The lowest BCUT2D eigenvalue weighted by atomic mass is 9.97. The number of nitrogens with two attached hydrogens (primary N) is 1. The maximum Gasteiger partial charge on any atom is 0.231 e. The molecule has 3 N–H and O–H groups in total. The summed E-state index contributed by atoms with van der Waals surface area (Å²) in [6, 6.07) is 6.05. The number of nitrogens with zero attached hydrogens (tertiary/aromatic N) is 3. The minimum absolute atomic E-state index is 0.157. The van der Waals surface area contributed by atoms with Crippen molar-refractivity contribution in [3.8, 4) is 11.5 Å².